The van der Waals surface area contributed by atoms with Gasteiger partial charge >= 0.3 is 0 Å². The predicted molar refractivity (Wildman–Crippen MR) is 132 cm³/mol. The zero-order valence-corrected chi connectivity index (χ0v) is 19.4. The fraction of sp³-hybridized carbons (Fsp3) is 0.320. The van der Waals surface area contributed by atoms with Crippen LogP contribution in [0.1, 0.15) is 31.4 Å². The SMILES string of the molecule is CC(C)C[C@H]1C(=O)N(Cc2ccc3c(N)ncnc3c2)CCN1C(=O)C=Cc1ccc(N)nc1. The van der Waals surface area contributed by atoms with Gasteiger partial charge in [-0.05, 0) is 53.8 Å². The molecule has 0 saturated carbocycles. The van der Waals surface area contributed by atoms with Crippen molar-refractivity contribution in [3.05, 3.63) is 60.1 Å². The Morgan fingerprint density at radius 3 is 2.71 bits per heavy atom. The highest BCUT2D eigenvalue weighted by molar-refractivity contribution is 5.96. The fourth-order valence-electron chi connectivity index (χ4n) is 4.15. The van der Waals surface area contributed by atoms with Crippen molar-refractivity contribution in [3.63, 3.8) is 0 Å². The molecule has 34 heavy (non-hydrogen) atoms. The molecule has 3 aromatic rings. The maximum Gasteiger partial charge on any atom is 0.247 e. The minimum atomic E-state index is -0.506. The number of carbonyl (C=O) groups is 2. The summed E-state index contributed by atoms with van der Waals surface area (Å²) >= 11 is 0. The Labute approximate surface area is 198 Å². The van der Waals surface area contributed by atoms with Crippen LogP contribution in [0.5, 0.6) is 0 Å². The maximum absolute atomic E-state index is 13.4. The summed E-state index contributed by atoms with van der Waals surface area (Å²) in [5.74, 6) is 0.880. The summed E-state index contributed by atoms with van der Waals surface area (Å²) in [4.78, 5) is 42.3. The molecule has 0 radical (unpaired) electrons. The monoisotopic (exact) mass is 459 g/mol. The number of nitrogen functional groups attached to an aromatic ring is 2. The van der Waals surface area contributed by atoms with E-state index in [4.69, 9.17) is 11.5 Å². The van der Waals surface area contributed by atoms with Crippen LogP contribution in [0.2, 0.25) is 0 Å². The largest absolute Gasteiger partial charge is 0.384 e. The molecule has 9 nitrogen and oxygen atoms in total. The Morgan fingerprint density at radius 1 is 1.15 bits per heavy atom. The van der Waals surface area contributed by atoms with Gasteiger partial charge in [0.1, 0.15) is 24.0 Å². The van der Waals surface area contributed by atoms with Crippen molar-refractivity contribution in [2.45, 2.75) is 32.9 Å². The lowest BCUT2D eigenvalue weighted by molar-refractivity contribution is -0.150. The Kier molecular flexibility index (Phi) is 6.72. The van der Waals surface area contributed by atoms with Crippen molar-refractivity contribution in [1.82, 2.24) is 24.8 Å². The van der Waals surface area contributed by atoms with Gasteiger partial charge in [-0.3, -0.25) is 9.59 Å². The Morgan fingerprint density at radius 2 is 1.97 bits per heavy atom. The van der Waals surface area contributed by atoms with Crippen LogP contribution in [-0.2, 0) is 16.1 Å². The molecule has 2 aromatic heterocycles. The number of amides is 2. The number of nitrogens with zero attached hydrogens (tertiary/aromatic N) is 5. The zero-order valence-electron chi connectivity index (χ0n) is 19.4. The van der Waals surface area contributed by atoms with Crippen LogP contribution in [-0.4, -0.2) is 55.7 Å². The Bertz CT molecular complexity index is 1220. The normalized spacial score (nSPS) is 16.7. The van der Waals surface area contributed by atoms with E-state index < -0.39 is 6.04 Å². The van der Waals surface area contributed by atoms with E-state index in [0.29, 0.717) is 37.7 Å². The summed E-state index contributed by atoms with van der Waals surface area (Å²) in [6, 6.07) is 8.72. The van der Waals surface area contributed by atoms with Gasteiger partial charge in [-0.1, -0.05) is 19.9 Å². The fourth-order valence-corrected chi connectivity index (χ4v) is 4.15. The lowest BCUT2D eigenvalue weighted by atomic mass is 9.98. The highest BCUT2D eigenvalue weighted by Gasteiger charge is 2.36. The number of fused-ring (bicyclic) bond motifs is 1. The molecule has 1 aromatic carbocycles. The van der Waals surface area contributed by atoms with E-state index in [1.807, 2.05) is 23.1 Å². The number of rotatable bonds is 6. The molecule has 1 fully saturated rings. The van der Waals surface area contributed by atoms with Crippen molar-refractivity contribution >= 4 is 40.4 Å². The third-order valence-corrected chi connectivity index (χ3v) is 5.89. The molecule has 0 spiro atoms. The van der Waals surface area contributed by atoms with Crippen LogP contribution in [0.25, 0.3) is 17.0 Å². The molecule has 2 amide bonds. The second-order valence-electron chi connectivity index (χ2n) is 8.90. The lowest BCUT2D eigenvalue weighted by Crippen LogP contribution is -2.58. The number of piperazine rings is 1. The highest BCUT2D eigenvalue weighted by Crippen LogP contribution is 2.23. The molecular weight excluding hydrogens is 430 g/mol. The Balaban J connectivity index is 1.50. The van der Waals surface area contributed by atoms with Crippen molar-refractivity contribution in [3.8, 4) is 0 Å². The first-order valence-corrected chi connectivity index (χ1v) is 11.3. The van der Waals surface area contributed by atoms with Crippen molar-refractivity contribution in [1.29, 1.82) is 0 Å². The smallest absolute Gasteiger partial charge is 0.247 e. The summed E-state index contributed by atoms with van der Waals surface area (Å²) in [6.45, 7) is 5.48. The van der Waals surface area contributed by atoms with Crippen LogP contribution in [0.3, 0.4) is 0 Å². The maximum atomic E-state index is 13.4. The number of anilines is 2. The van der Waals surface area contributed by atoms with E-state index in [9.17, 15) is 9.59 Å². The van der Waals surface area contributed by atoms with Crippen molar-refractivity contribution in [2.24, 2.45) is 5.92 Å². The van der Waals surface area contributed by atoms with E-state index in [2.05, 4.69) is 28.8 Å². The second kappa shape index (κ2) is 9.86. The number of hydrogen-bond acceptors (Lipinski definition) is 7. The van der Waals surface area contributed by atoms with Gasteiger partial charge < -0.3 is 21.3 Å². The zero-order chi connectivity index (χ0) is 24.2. The molecule has 0 unspecified atom stereocenters. The number of nitrogens with two attached hydrogens (primary N) is 2. The number of benzene rings is 1. The molecule has 9 heteroatoms. The van der Waals surface area contributed by atoms with E-state index in [-0.39, 0.29) is 17.7 Å². The van der Waals surface area contributed by atoms with Crippen LogP contribution in [0, 0.1) is 5.92 Å². The lowest BCUT2D eigenvalue weighted by Gasteiger charge is -2.41. The van der Waals surface area contributed by atoms with Gasteiger partial charge in [-0.2, -0.15) is 0 Å². The molecule has 1 aliphatic rings. The molecule has 4 N–H and O–H groups in total. The molecular formula is C25H29N7O2. The second-order valence-corrected chi connectivity index (χ2v) is 8.90. The third kappa shape index (κ3) is 5.14. The summed E-state index contributed by atoms with van der Waals surface area (Å²) in [6.07, 6.45) is 6.83. The minimum absolute atomic E-state index is 0.0434. The molecule has 0 aliphatic carbocycles. The van der Waals surface area contributed by atoms with E-state index in [0.717, 1.165) is 22.0 Å². The molecule has 1 saturated heterocycles. The molecule has 3 heterocycles. The summed E-state index contributed by atoms with van der Waals surface area (Å²) < 4.78 is 0. The van der Waals surface area contributed by atoms with E-state index >= 15 is 0 Å². The summed E-state index contributed by atoms with van der Waals surface area (Å²) in [7, 11) is 0. The predicted octanol–water partition coefficient (Wildman–Crippen LogP) is 2.49. The van der Waals surface area contributed by atoms with Crippen LogP contribution >= 0.6 is 0 Å². The quantitative estimate of drug-likeness (QED) is 0.541. The molecule has 1 atom stereocenters. The highest BCUT2D eigenvalue weighted by atomic mass is 16.2. The molecule has 176 valence electrons. The van der Waals surface area contributed by atoms with Gasteiger partial charge in [0.05, 0.1) is 5.52 Å². The third-order valence-electron chi connectivity index (χ3n) is 5.89. The first-order valence-electron chi connectivity index (χ1n) is 11.3. The summed E-state index contributed by atoms with van der Waals surface area (Å²) in [5, 5.41) is 0.786. The molecule has 0 bridgehead atoms. The van der Waals surface area contributed by atoms with E-state index in [1.165, 1.54) is 12.4 Å². The number of aromatic nitrogens is 3. The number of carbonyl (C=O) groups excluding carboxylic acids is 2. The van der Waals surface area contributed by atoms with Gasteiger partial charge in [0.2, 0.25) is 11.8 Å². The molecule has 1 aliphatic heterocycles. The Hall–Kier alpha value is -4.01. The average molecular weight is 460 g/mol. The number of pyridine rings is 1. The van der Waals surface area contributed by atoms with Gasteiger partial charge in [-0.15, -0.1) is 0 Å². The van der Waals surface area contributed by atoms with E-state index in [1.54, 1.807) is 29.3 Å². The van der Waals surface area contributed by atoms with Gasteiger partial charge in [0.15, 0.2) is 0 Å². The first-order chi connectivity index (χ1) is 16.3. The van der Waals surface area contributed by atoms with Crippen LogP contribution in [0.15, 0.2) is 48.9 Å². The molecule has 4 rings (SSSR count). The topological polar surface area (TPSA) is 131 Å². The van der Waals surface area contributed by atoms with Crippen LogP contribution in [0.4, 0.5) is 11.6 Å². The minimum Gasteiger partial charge on any atom is -0.384 e. The number of hydrogen-bond donors (Lipinski definition) is 2. The van der Waals surface area contributed by atoms with Crippen LogP contribution < -0.4 is 11.5 Å². The first kappa shape index (κ1) is 23.2. The van der Waals surface area contributed by atoms with Gasteiger partial charge in [0, 0.05) is 37.3 Å². The average Bonchev–Trinajstić information content (AvgIpc) is 2.81. The van der Waals surface area contributed by atoms with Crippen molar-refractivity contribution < 1.29 is 9.59 Å². The van der Waals surface area contributed by atoms with Gasteiger partial charge in [0.25, 0.3) is 0 Å². The summed E-state index contributed by atoms with van der Waals surface area (Å²) in [5.41, 5.74) is 14.0. The van der Waals surface area contributed by atoms with Gasteiger partial charge in [-0.25, -0.2) is 15.0 Å². The standard InChI is InChI=1S/C25H29N7O2/c1-16(2)11-21-25(34)31(14-18-3-6-19-20(12-18)29-15-30-24(19)27)9-10-32(21)23(33)8-5-17-4-7-22(26)28-13-17/h3-8,12-13,15-16,21H,9-11,14H2,1-2H3,(H2,26,28)(H2,27,29,30)/t21-/m0/s1. The van der Waals surface area contributed by atoms with Crippen molar-refractivity contribution in [2.75, 3.05) is 24.6 Å².